The number of amides is 2. The lowest BCUT2D eigenvalue weighted by Crippen LogP contribution is -2.44. The van der Waals surface area contributed by atoms with Crippen molar-refractivity contribution in [2.75, 3.05) is 6.54 Å². The molecular weight excluding hydrogens is 320 g/mol. The summed E-state index contributed by atoms with van der Waals surface area (Å²) in [6.07, 6.45) is 2.13. The van der Waals surface area contributed by atoms with Crippen molar-refractivity contribution in [3.8, 4) is 0 Å². The molecular formula is C19H26N2O4. The number of rotatable bonds is 8. The first kappa shape index (κ1) is 19.0. The van der Waals surface area contributed by atoms with Gasteiger partial charge >= 0.3 is 5.97 Å². The van der Waals surface area contributed by atoms with Gasteiger partial charge in [0.1, 0.15) is 6.04 Å². The molecule has 0 radical (unpaired) electrons. The van der Waals surface area contributed by atoms with Crippen molar-refractivity contribution in [2.24, 2.45) is 5.92 Å². The third kappa shape index (κ3) is 4.81. The standard InChI is InChI=1S/C19H26N2O4/c1-3-4-10-16(19(24)25)20-18(23)15-11-17(22)21(12-15)13(2)14-8-6-5-7-9-14/h5-9,13,15-16H,3-4,10-12H2,1-2H3,(H,20,23)(H,24,25)/t13?,15?,16-/m0/s1. The maximum Gasteiger partial charge on any atom is 0.326 e. The summed E-state index contributed by atoms with van der Waals surface area (Å²) in [6, 6.07) is 8.67. The highest BCUT2D eigenvalue weighted by atomic mass is 16.4. The molecule has 6 heteroatoms. The minimum absolute atomic E-state index is 0.0723. The van der Waals surface area contributed by atoms with Crippen LogP contribution in [-0.4, -0.2) is 40.4 Å². The Morgan fingerprint density at radius 1 is 1.32 bits per heavy atom. The van der Waals surface area contributed by atoms with Gasteiger partial charge in [0.2, 0.25) is 11.8 Å². The Morgan fingerprint density at radius 2 is 2.00 bits per heavy atom. The second-order valence-corrected chi connectivity index (χ2v) is 6.58. The number of likely N-dealkylation sites (tertiary alicyclic amines) is 1. The number of benzene rings is 1. The van der Waals surface area contributed by atoms with Crippen LogP contribution in [0.25, 0.3) is 0 Å². The van der Waals surface area contributed by atoms with Crippen molar-refractivity contribution in [3.05, 3.63) is 35.9 Å². The molecule has 2 N–H and O–H groups in total. The summed E-state index contributed by atoms with van der Waals surface area (Å²) < 4.78 is 0. The van der Waals surface area contributed by atoms with Gasteiger partial charge in [0.25, 0.3) is 0 Å². The topological polar surface area (TPSA) is 86.7 Å². The van der Waals surface area contributed by atoms with E-state index in [2.05, 4.69) is 5.32 Å². The number of aliphatic carboxylic acids is 1. The first-order chi connectivity index (χ1) is 11.9. The molecule has 2 unspecified atom stereocenters. The normalized spacial score (nSPS) is 19.5. The molecule has 3 atom stereocenters. The van der Waals surface area contributed by atoms with E-state index in [0.29, 0.717) is 13.0 Å². The number of carboxylic acids is 1. The maximum absolute atomic E-state index is 12.4. The second-order valence-electron chi connectivity index (χ2n) is 6.58. The molecule has 1 aromatic carbocycles. The van der Waals surface area contributed by atoms with Crippen LogP contribution in [0.4, 0.5) is 0 Å². The molecule has 1 aliphatic rings. The fourth-order valence-corrected chi connectivity index (χ4v) is 3.15. The minimum Gasteiger partial charge on any atom is -0.480 e. The van der Waals surface area contributed by atoms with Crippen LogP contribution < -0.4 is 5.32 Å². The molecule has 136 valence electrons. The number of nitrogens with one attached hydrogen (secondary N) is 1. The van der Waals surface area contributed by atoms with Crippen LogP contribution in [0.1, 0.15) is 51.1 Å². The van der Waals surface area contributed by atoms with Gasteiger partial charge in [-0.1, -0.05) is 50.1 Å². The van der Waals surface area contributed by atoms with E-state index in [0.717, 1.165) is 18.4 Å². The molecule has 1 aliphatic heterocycles. The van der Waals surface area contributed by atoms with E-state index in [1.54, 1.807) is 4.90 Å². The van der Waals surface area contributed by atoms with Crippen LogP contribution >= 0.6 is 0 Å². The lowest BCUT2D eigenvalue weighted by Gasteiger charge is -2.25. The van der Waals surface area contributed by atoms with Crippen LogP contribution in [0.2, 0.25) is 0 Å². The predicted octanol–water partition coefficient (Wildman–Crippen LogP) is 2.36. The monoisotopic (exact) mass is 346 g/mol. The van der Waals surface area contributed by atoms with Gasteiger partial charge in [0.15, 0.2) is 0 Å². The van der Waals surface area contributed by atoms with Gasteiger partial charge in [0, 0.05) is 13.0 Å². The van der Waals surface area contributed by atoms with E-state index >= 15 is 0 Å². The van der Waals surface area contributed by atoms with Gasteiger partial charge in [0.05, 0.1) is 12.0 Å². The highest BCUT2D eigenvalue weighted by Gasteiger charge is 2.38. The Bertz CT molecular complexity index is 617. The van der Waals surface area contributed by atoms with Crippen LogP contribution in [0.5, 0.6) is 0 Å². The molecule has 1 saturated heterocycles. The van der Waals surface area contributed by atoms with Crippen molar-refractivity contribution in [1.29, 1.82) is 0 Å². The van der Waals surface area contributed by atoms with Crippen molar-refractivity contribution in [2.45, 2.75) is 51.6 Å². The first-order valence-electron chi connectivity index (χ1n) is 8.81. The molecule has 1 fully saturated rings. The Hall–Kier alpha value is -2.37. The molecule has 1 aromatic rings. The highest BCUT2D eigenvalue weighted by Crippen LogP contribution is 2.28. The summed E-state index contributed by atoms with van der Waals surface area (Å²) in [5.41, 5.74) is 1.02. The summed E-state index contributed by atoms with van der Waals surface area (Å²) in [4.78, 5) is 37.7. The van der Waals surface area contributed by atoms with E-state index in [9.17, 15) is 19.5 Å². The first-order valence-corrected chi connectivity index (χ1v) is 8.81. The molecule has 6 nitrogen and oxygen atoms in total. The number of unbranched alkanes of at least 4 members (excludes halogenated alkanes) is 1. The quantitative estimate of drug-likeness (QED) is 0.756. The smallest absolute Gasteiger partial charge is 0.326 e. The highest BCUT2D eigenvalue weighted by molar-refractivity contribution is 5.91. The largest absolute Gasteiger partial charge is 0.480 e. The fraction of sp³-hybridized carbons (Fsp3) is 0.526. The van der Waals surface area contributed by atoms with Crippen LogP contribution in [0.15, 0.2) is 30.3 Å². The van der Waals surface area contributed by atoms with E-state index < -0.39 is 17.9 Å². The van der Waals surface area contributed by atoms with Gasteiger partial charge in [-0.25, -0.2) is 4.79 Å². The van der Waals surface area contributed by atoms with Crippen LogP contribution in [0, 0.1) is 5.92 Å². The SMILES string of the molecule is CCCC[C@H](NC(=O)C1CC(=O)N(C(C)c2ccccc2)C1)C(=O)O. The number of carboxylic acid groups (broad SMARTS) is 1. The molecule has 0 bridgehead atoms. The van der Waals surface area contributed by atoms with Gasteiger partial charge in [-0.2, -0.15) is 0 Å². The average molecular weight is 346 g/mol. The van der Waals surface area contributed by atoms with Crippen LogP contribution in [0.3, 0.4) is 0 Å². The zero-order chi connectivity index (χ0) is 18.4. The average Bonchev–Trinajstić information content (AvgIpc) is 3.00. The molecule has 1 heterocycles. The summed E-state index contributed by atoms with van der Waals surface area (Å²) >= 11 is 0. The lowest BCUT2D eigenvalue weighted by atomic mass is 10.1. The molecule has 2 amide bonds. The van der Waals surface area contributed by atoms with E-state index in [1.165, 1.54) is 0 Å². The van der Waals surface area contributed by atoms with Crippen molar-refractivity contribution in [3.63, 3.8) is 0 Å². The predicted molar refractivity (Wildman–Crippen MR) is 93.8 cm³/mol. The van der Waals surface area contributed by atoms with Crippen molar-refractivity contribution >= 4 is 17.8 Å². The number of hydrogen-bond acceptors (Lipinski definition) is 3. The fourth-order valence-electron chi connectivity index (χ4n) is 3.15. The summed E-state index contributed by atoms with van der Waals surface area (Å²) in [5, 5.41) is 11.8. The van der Waals surface area contributed by atoms with Gasteiger partial charge in [-0.3, -0.25) is 9.59 Å². The number of hydrogen-bond donors (Lipinski definition) is 2. The molecule has 0 spiro atoms. The number of carbonyl (C=O) groups is 3. The Balaban J connectivity index is 1.98. The third-order valence-electron chi connectivity index (χ3n) is 4.74. The van der Waals surface area contributed by atoms with E-state index in [4.69, 9.17) is 0 Å². The van der Waals surface area contributed by atoms with E-state index in [-0.39, 0.29) is 24.3 Å². The maximum atomic E-state index is 12.4. The summed E-state index contributed by atoms with van der Waals surface area (Å²) in [7, 11) is 0. The van der Waals surface area contributed by atoms with Gasteiger partial charge in [-0.05, 0) is 18.9 Å². The zero-order valence-electron chi connectivity index (χ0n) is 14.8. The molecule has 0 aromatic heterocycles. The molecule has 0 aliphatic carbocycles. The summed E-state index contributed by atoms with van der Waals surface area (Å²) in [6.45, 7) is 4.23. The van der Waals surface area contributed by atoms with Crippen LogP contribution in [-0.2, 0) is 14.4 Å². The number of carbonyl (C=O) groups excluding carboxylic acids is 2. The van der Waals surface area contributed by atoms with Gasteiger partial charge in [-0.15, -0.1) is 0 Å². The molecule has 0 saturated carbocycles. The summed E-state index contributed by atoms with van der Waals surface area (Å²) in [5.74, 6) is -1.95. The third-order valence-corrected chi connectivity index (χ3v) is 4.74. The Kier molecular flexibility index (Phi) is 6.56. The molecule has 2 rings (SSSR count). The minimum atomic E-state index is -1.03. The van der Waals surface area contributed by atoms with Gasteiger partial charge < -0.3 is 15.3 Å². The zero-order valence-corrected chi connectivity index (χ0v) is 14.8. The molecule has 25 heavy (non-hydrogen) atoms. The van der Waals surface area contributed by atoms with E-state index in [1.807, 2.05) is 44.2 Å². The van der Waals surface area contributed by atoms with Crippen molar-refractivity contribution in [1.82, 2.24) is 10.2 Å². The van der Waals surface area contributed by atoms with Crippen molar-refractivity contribution < 1.29 is 19.5 Å². The number of nitrogens with zero attached hydrogens (tertiary/aromatic N) is 1. The Labute approximate surface area is 148 Å². The lowest BCUT2D eigenvalue weighted by molar-refractivity contribution is -0.142. The second kappa shape index (κ2) is 8.65. The Morgan fingerprint density at radius 3 is 2.60 bits per heavy atom.